The number of nitrogens with zero attached hydrogens (tertiary/aromatic N) is 4. The molecule has 4 atom stereocenters. The highest BCUT2D eigenvalue weighted by Crippen LogP contribution is 2.32. The Morgan fingerprint density at radius 2 is 1.87 bits per heavy atom. The van der Waals surface area contributed by atoms with Crippen LogP contribution < -0.4 is 10.3 Å². The molecule has 13 heteroatoms. The van der Waals surface area contributed by atoms with Crippen molar-refractivity contribution in [3.05, 3.63) is 53.5 Å². The molecule has 0 aliphatic carbocycles. The monoisotopic (exact) mass is 441 g/mol. The molecule has 0 saturated carbocycles. The molecule has 0 bridgehead atoms. The van der Waals surface area contributed by atoms with Gasteiger partial charge in [0.2, 0.25) is 0 Å². The standard InChI is InChI=1S/C18H18F3N5O5/c19-18(20,21)10-4-2-1-3-9(10)6-30-26-8-24-16-12(15(26)22)23-7-25(16)17-14(29)13(28)11(5-27)31-17/h1-4,7-8,11,13-14,17,22,27-29H,5-6H2/t11-,13-,14-,17-/m1/s1. The van der Waals surface area contributed by atoms with Crippen LogP contribution in [0.2, 0.25) is 0 Å². The molecule has 3 heterocycles. The third-order valence-electron chi connectivity index (χ3n) is 4.97. The normalized spacial score (nSPS) is 24.1. The number of hydrogen-bond acceptors (Lipinski definition) is 8. The van der Waals surface area contributed by atoms with Gasteiger partial charge in [-0.2, -0.15) is 17.9 Å². The first-order valence-electron chi connectivity index (χ1n) is 9.12. The lowest BCUT2D eigenvalue weighted by atomic mass is 10.1. The number of alkyl halides is 3. The minimum absolute atomic E-state index is 0.0318. The number of imidazole rings is 1. The molecule has 1 aliphatic rings. The first kappa shape index (κ1) is 21.2. The van der Waals surface area contributed by atoms with Crippen molar-refractivity contribution in [3.8, 4) is 0 Å². The van der Waals surface area contributed by atoms with Crippen LogP contribution in [0.3, 0.4) is 0 Å². The summed E-state index contributed by atoms with van der Waals surface area (Å²) in [5, 5.41) is 37.6. The summed E-state index contributed by atoms with van der Waals surface area (Å²) in [4.78, 5) is 13.5. The van der Waals surface area contributed by atoms with E-state index in [2.05, 4.69) is 9.97 Å². The summed E-state index contributed by atoms with van der Waals surface area (Å²) >= 11 is 0. The van der Waals surface area contributed by atoms with Crippen LogP contribution >= 0.6 is 0 Å². The summed E-state index contributed by atoms with van der Waals surface area (Å²) in [7, 11) is 0. The molecule has 4 N–H and O–H groups in total. The van der Waals surface area contributed by atoms with E-state index in [0.29, 0.717) is 0 Å². The van der Waals surface area contributed by atoms with Crippen LogP contribution in [0.25, 0.3) is 11.2 Å². The highest BCUT2D eigenvalue weighted by Gasteiger charge is 2.44. The van der Waals surface area contributed by atoms with Crippen molar-refractivity contribution in [1.29, 1.82) is 5.41 Å². The molecule has 31 heavy (non-hydrogen) atoms. The van der Waals surface area contributed by atoms with Gasteiger partial charge in [0, 0.05) is 5.56 Å². The summed E-state index contributed by atoms with van der Waals surface area (Å²) in [6.07, 6.45) is -7.02. The first-order chi connectivity index (χ1) is 14.7. The van der Waals surface area contributed by atoms with Crippen molar-refractivity contribution in [3.63, 3.8) is 0 Å². The van der Waals surface area contributed by atoms with Gasteiger partial charge in [-0.1, -0.05) is 18.2 Å². The fraction of sp³-hybridized carbons (Fsp3) is 0.389. The second kappa shape index (κ2) is 7.92. The lowest BCUT2D eigenvalue weighted by Gasteiger charge is -2.17. The van der Waals surface area contributed by atoms with E-state index in [4.69, 9.17) is 15.0 Å². The fourth-order valence-electron chi connectivity index (χ4n) is 3.37. The predicted molar refractivity (Wildman–Crippen MR) is 96.1 cm³/mol. The van der Waals surface area contributed by atoms with Crippen molar-refractivity contribution >= 4 is 11.2 Å². The Morgan fingerprint density at radius 3 is 2.55 bits per heavy atom. The molecule has 1 aliphatic heterocycles. The number of benzene rings is 1. The Kier molecular flexibility index (Phi) is 5.43. The number of ether oxygens (including phenoxy) is 1. The molecular formula is C18H18F3N5O5. The van der Waals surface area contributed by atoms with Gasteiger partial charge >= 0.3 is 6.18 Å². The zero-order valence-electron chi connectivity index (χ0n) is 15.8. The average molecular weight is 441 g/mol. The van der Waals surface area contributed by atoms with Crippen LogP contribution in [0, 0.1) is 5.41 Å². The summed E-state index contributed by atoms with van der Waals surface area (Å²) in [5.41, 5.74) is -1.09. The lowest BCUT2D eigenvalue weighted by Crippen LogP contribution is -2.33. The van der Waals surface area contributed by atoms with Gasteiger partial charge in [-0.05, 0) is 6.07 Å². The largest absolute Gasteiger partial charge is 0.416 e. The quantitative estimate of drug-likeness (QED) is 0.436. The maximum atomic E-state index is 13.1. The van der Waals surface area contributed by atoms with Crippen LogP contribution in [0.1, 0.15) is 17.4 Å². The topological polar surface area (TPSA) is 139 Å². The van der Waals surface area contributed by atoms with Gasteiger partial charge < -0.3 is 24.9 Å². The highest BCUT2D eigenvalue weighted by molar-refractivity contribution is 5.68. The van der Waals surface area contributed by atoms with Crippen LogP contribution in [0.4, 0.5) is 13.2 Å². The van der Waals surface area contributed by atoms with Crippen molar-refractivity contribution in [1.82, 2.24) is 19.3 Å². The smallest absolute Gasteiger partial charge is 0.406 e. The number of aliphatic hydroxyl groups excluding tert-OH is 3. The van der Waals surface area contributed by atoms with E-state index in [1.807, 2.05) is 0 Å². The second-order valence-corrected chi connectivity index (χ2v) is 6.90. The molecule has 0 amide bonds. The molecule has 10 nitrogen and oxygen atoms in total. The number of nitrogens with one attached hydrogen (secondary N) is 1. The van der Waals surface area contributed by atoms with Gasteiger partial charge in [0.05, 0.1) is 18.5 Å². The fourth-order valence-corrected chi connectivity index (χ4v) is 3.37. The molecule has 0 spiro atoms. The third-order valence-corrected chi connectivity index (χ3v) is 4.97. The highest BCUT2D eigenvalue weighted by atomic mass is 19.4. The summed E-state index contributed by atoms with van der Waals surface area (Å²) < 4.78 is 47.0. The van der Waals surface area contributed by atoms with E-state index in [1.165, 1.54) is 29.1 Å². The Labute approximate surface area is 172 Å². The van der Waals surface area contributed by atoms with Gasteiger partial charge in [0.1, 0.15) is 31.2 Å². The lowest BCUT2D eigenvalue weighted by molar-refractivity contribution is -0.138. The van der Waals surface area contributed by atoms with Crippen LogP contribution in [-0.4, -0.2) is 59.5 Å². The van der Waals surface area contributed by atoms with Crippen molar-refractivity contribution in [2.75, 3.05) is 6.61 Å². The van der Waals surface area contributed by atoms with Gasteiger partial charge in [0.25, 0.3) is 0 Å². The van der Waals surface area contributed by atoms with Crippen molar-refractivity contribution in [2.24, 2.45) is 0 Å². The van der Waals surface area contributed by atoms with Crippen molar-refractivity contribution in [2.45, 2.75) is 37.3 Å². The Balaban J connectivity index is 1.61. The zero-order chi connectivity index (χ0) is 22.3. The number of fused-ring (bicyclic) bond motifs is 1. The van der Waals surface area contributed by atoms with Gasteiger partial charge in [-0.3, -0.25) is 9.98 Å². The van der Waals surface area contributed by atoms with E-state index < -0.39 is 49.5 Å². The van der Waals surface area contributed by atoms with Gasteiger partial charge in [-0.15, -0.1) is 0 Å². The van der Waals surface area contributed by atoms with Crippen LogP contribution in [0.5, 0.6) is 0 Å². The molecule has 1 fully saturated rings. The molecule has 1 aromatic carbocycles. The number of rotatable bonds is 5. The van der Waals surface area contributed by atoms with E-state index in [1.54, 1.807) is 0 Å². The summed E-state index contributed by atoms with van der Waals surface area (Å²) in [6, 6.07) is 4.93. The number of halogens is 3. The zero-order valence-corrected chi connectivity index (χ0v) is 15.8. The van der Waals surface area contributed by atoms with Crippen LogP contribution in [-0.2, 0) is 17.5 Å². The molecule has 1 saturated heterocycles. The van der Waals surface area contributed by atoms with E-state index in [0.717, 1.165) is 17.1 Å². The maximum absolute atomic E-state index is 13.1. The second-order valence-electron chi connectivity index (χ2n) is 6.90. The molecule has 166 valence electrons. The third kappa shape index (κ3) is 3.76. The minimum Gasteiger partial charge on any atom is -0.406 e. The van der Waals surface area contributed by atoms with E-state index >= 15 is 0 Å². The Bertz CT molecular complexity index is 1150. The number of aliphatic hydroxyl groups is 3. The number of hydrogen-bond donors (Lipinski definition) is 4. The first-order valence-corrected chi connectivity index (χ1v) is 9.12. The predicted octanol–water partition coefficient (Wildman–Crippen LogP) is -0.0286. The maximum Gasteiger partial charge on any atom is 0.416 e. The average Bonchev–Trinajstić information content (AvgIpc) is 3.29. The van der Waals surface area contributed by atoms with Gasteiger partial charge in [-0.25, -0.2) is 9.97 Å². The Hall–Kier alpha value is -3.00. The van der Waals surface area contributed by atoms with Gasteiger partial charge in [0.15, 0.2) is 22.9 Å². The molecule has 4 rings (SSSR count). The molecule has 2 aromatic heterocycles. The summed E-state index contributed by atoms with van der Waals surface area (Å²) in [5.74, 6) is 0. The molecule has 0 radical (unpaired) electrons. The van der Waals surface area contributed by atoms with E-state index in [9.17, 15) is 28.5 Å². The molecule has 3 aromatic rings. The molecular weight excluding hydrogens is 423 g/mol. The Morgan fingerprint density at radius 1 is 1.13 bits per heavy atom. The van der Waals surface area contributed by atoms with Crippen molar-refractivity contribution < 1.29 is 38.1 Å². The molecule has 0 unspecified atom stereocenters. The van der Waals surface area contributed by atoms with E-state index in [-0.39, 0.29) is 22.2 Å². The SMILES string of the molecule is N=c1c2ncn([C@@H]3O[C@H](CO)[C@@H](O)[C@H]3O)c2ncn1OCc1ccccc1C(F)(F)F. The number of aromatic nitrogens is 4. The van der Waals surface area contributed by atoms with Crippen LogP contribution in [0.15, 0.2) is 36.9 Å². The summed E-state index contributed by atoms with van der Waals surface area (Å²) in [6.45, 7) is -0.972. The minimum atomic E-state index is -4.55.